The number of para-hydroxylation sites is 1. The van der Waals surface area contributed by atoms with E-state index in [1.807, 2.05) is 31.2 Å². The summed E-state index contributed by atoms with van der Waals surface area (Å²) in [4.78, 5) is 12.4. The molecule has 2 N–H and O–H groups in total. The average molecular weight is 443 g/mol. The number of benzene rings is 3. The Morgan fingerprint density at radius 1 is 1.00 bits per heavy atom. The Labute approximate surface area is 181 Å². The molecule has 31 heavy (non-hydrogen) atoms. The van der Waals surface area contributed by atoms with E-state index in [1.54, 1.807) is 31.4 Å². The number of ether oxygens (including phenoxy) is 1. The van der Waals surface area contributed by atoms with Crippen LogP contribution in [0.15, 0.2) is 77.7 Å². The standard InChI is InChI=1S/C23H23FN2O4S/c1-16(21-5-3-4-6-22(21)30-2)25-23(27)15-17-7-11-19(12-8-17)26-31(28,29)20-13-9-18(24)10-14-20/h3-14,16,26H,15H2,1-2H3,(H,25,27). The highest BCUT2D eigenvalue weighted by Gasteiger charge is 2.16. The van der Waals surface area contributed by atoms with Gasteiger partial charge in [0.05, 0.1) is 24.5 Å². The maximum absolute atomic E-state index is 13.0. The van der Waals surface area contributed by atoms with Crippen molar-refractivity contribution in [2.24, 2.45) is 0 Å². The fourth-order valence-electron chi connectivity index (χ4n) is 3.10. The Morgan fingerprint density at radius 3 is 2.29 bits per heavy atom. The minimum absolute atomic E-state index is 0.0392. The van der Waals surface area contributed by atoms with Crippen molar-refractivity contribution in [3.8, 4) is 5.75 Å². The van der Waals surface area contributed by atoms with Crippen molar-refractivity contribution < 1.29 is 22.3 Å². The second-order valence-electron chi connectivity index (χ2n) is 6.96. The van der Waals surface area contributed by atoms with Crippen LogP contribution in [0.25, 0.3) is 0 Å². The molecule has 0 aliphatic rings. The number of nitrogens with one attached hydrogen (secondary N) is 2. The first kappa shape index (κ1) is 22.3. The van der Waals surface area contributed by atoms with Gasteiger partial charge in [0.15, 0.2) is 0 Å². The van der Waals surface area contributed by atoms with E-state index in [1.165, 1.54) is 12.1 Å². The van der Waals surface area contributed by atoms with E-state index < -0.39 is 15.8 Å². The Morgan fingerprint density at radius 2 is 1.65 bits per heavy atom. The van der Waals surface area contributed by atoms with Gasteiger partial charge >= 0.3 is 0 Å². The number of methoxy groups -OCH3 is 1. The van der Waals surface area contributed by atoms with Crippen LogP contribution in [0, 0.1) is 5.82 Å². The zero-order chi connectivity index (χ0) is 22.4. The molecule has 6 nitrogen and oxygen atoms in total. The molecule has 3 rings (SSSR count). The maximum atomic E-state index is 13.0. The molecule has 1 atom stereocenters. The van der Waals surface area contributed by atoms with E-state index >= 15 is 0 Å². The summed E-state index contributed by atoms with van der Waals surface area (Å²) in [7, 11) is -2.24. The van der Waals surface area contributed by atoms with Crippen LogP contribution >= 0.6 is 0 Å². The highest BCUT2D eigenvalue weighted by molar-refractivity contribution is 7.92. The van der Waals surface area contributed by atoms with Crippen LogP contribution in [0.3, 0.4) is 0 Å². The van der Waals surface area contributed by atoms with Crippen molar-refractivity contribution >= 4 is 21.6 Å². The minimum Gasteiger partial charge on any atom is -0.496 e. The van der Waals surface area contributed by atoms with Crippen LogP contribution in [-0.4, -0.2) is 21.4 Å². The summed E-state index contributed by atoms with van der Waals surface area (Å²) >= 11 is 0. The van der Waals surface area contributed by atoms with Crippen molar-refractivity contribution in [3.63, 3.8) is 0 Å². The van der Waals surface area contributed by atoms with Gasteiger partial charge in [0, 0.05) is 11.3 Å². The molecule has 0 saturated carbocycles. The molecule has 0 aliphatic heterocycles. The fourth-order valence-corrected chi connectivity index (χ4v) is 4.16. The Kier molecular flexibility index (Phi) is 6.91. The Bertz CT molecular complexity index is 1150. The van der Waals surface area contributed by atoms with Gasteiger partial charge in [0.25, 0.3) is 10.0 Å². The molecule has 0 aromatic heterocycles. The van der Waals surface area contributed by atoms with Crippen molar-refractivity contribution in [1.82, 2.24) is 5.32 Å². The average Bonchev–Trinajstić information content (AvgIpc) is 2.75. The van der Waals surface area contributed by atoms with Gasteiger partial charge in [-0.15, -0.1) is 0 Å². The molecule has 3 aromatic rings. The molecule has 0 fully saturated rings. The van der Waals surface area contributed by atoms with Crippen molar-refractivity contribution in [2.45, 2.75) is 24.3 Å². The summed E-state index contributed by atoms with van der Waals surface area (Å²) in [6.45, 7) is 1.88. The molecule has 0 aliphatic carbocycles. The van der Waals surface area contributed by atoms with Gasteiger partial charge in [-0.3, -0.25) is 9.52 Å². The quantitative estimate of drug-likeness (QED) is 0.551. The van der Waals surface area contributed by atoms with Gasteiger partial charge in [-0.05, 0) is 55.0 Å². The van der Waals surface area contributed by atoms with E-state index in [0.717, 1.165) is 23.3 Å². The van der Waals surface area contributed by atoms with Crippen LogP contribution < -0.4 is 14.8 Å². The zero-order valence-electron chi connectivity index (χ0n) is 17.1. The summed E-state index contributed by atoms with van der Waals surface area (Å²) in [5.41, 5.74) is 1.95. The first-order valence-electron chi connectivity index (χ1n) is 9.58. The summed E-state index contributed by atoms with van der Waals surface area (Å²) in [5.74, 6) is 0.0211. The van der Waals surface area contributed by atoms with Crippen LogP contribution in [0.4, 0.5) is 10.1 Å². The monoisotopic (exact) mass is 442 g/mol. The summed E-state index contributed by atoms with van der Waals surface area (Å²) in [5, 5.41) is 2.94. The van der Waals surface area contributed by atoms with Crippen LogP contribution in [0.1, 0.15) is 24.1 Å². The summed E-state index contributed by atoms with van der Waals surface area (Å²) in [6, 6.07) is 18.3. The van der Waals surface area contributed by atoms with Crippen LogP contribution in [-0.2, 0) is 21.2 Å². The number of carbonyl (C=O) groups excluding carboxylic acids is 1. The van der Waals surface area contributed by atoms with Gasteiger partial charge in [-0.1, -0.05) is 30.3 Å². The second kappa shape index (κ2) is 9.61. The molecule has 3 aromatic carbocycles. The lowest BCUT2D eigenvalue weighted by Crippen LogP contribution is -2.28. The molecule has 0 bridgehead atoms. The molecule has 0 radical (unpaired) electrons. The smallest absolute Gasteiger partial charge is 0.261 e. The third kappa shape index (κ3) is 5.82. The molecule has 0 heterocycles. The zero-order valence-corrected chi connectivity index (χ0v) is 17.9. The molecule has 8 heteroatoms. The second-order valence-corrected chi connectivity index (χ2v) is 8.65. The number of anilines is 1. The number of halogens is 1. The summed E-state index contributed by atoms with van der Waals surface area (Å²) in [6.07, 6.45) is 0.143. The van der Waals surface area contributed by atoms with E-state index in [0.29, 0.717) is 11.4 Å². The third-order valence-corrected chi connectivity index (χ3v) is 6.07. The van der Waals surface area contributed by atoms with Gasteiger partial charge in [-0.2, -0.15) is 0 Å². The predicted octanol–water partition coefficient (Wildman–Crippen LogP) is 4.06. The number of amides is 1. The van der Waals surface area contributed by atoms with Crippen LogP contribution in [0.2, 0.25) is 0 Å². The highest BCUT2D eigenvalue weighted by atomic mass is 32.2. The van der Waals surface area contributed by atoms with Gasteiger partial charge in [0.1, 0.15) is 11.6 Å². The third-order valence-electron chi connectivity index (χ3n) is 4.68. The van der Waals surface area contributed by atoms with Gasteiger partial charge < -0.3 is 10.1 Å². The number of hydrogen-bond donors (Lipinski definition) is 2. The molecular formula is C23H23FN2O4S. The first-order valence-corrected chi connectivity index (χ1v) is 11.1. The minimum atomic E-state index is -3.83. The van der Waals surface area contributed by atoms with E-state index in [-0.39, 0.29) is 23.3 Å². The Balaban J connectivity index is 1.61. The predicted molar refractivity (Wildman–Crippen MR) is 117 cm³/mol. The lowest BCUT2D eigenvalue weighted by Gasteiger charge is -2.17. The molecule has 0 saturated heterocycles. The lowest BCUT2D eigenvalue weighted by atomic mass is 10.1. The van der Waals surface area contributed by atoms with E-state index in [2.05, 4.69) is 10.0 Å². The normalized spacial score (nSPS) is 12.1. The maximum Gasteiger partial charge on any atom is 0.261 e. The SMILES string of the molecule is COc1ccccc1C(C)NC(=O)Cc1ccc(NS(=O)(=O)c2ccc(F)cc2)cc1. The van der Waals surface area contributed by atoms with Gasteiger partial charge in [0.2, 0.25) is 5.91 Å². The number of sulfonamides is 1. The number of carbonyl (C=O) groups is 1. The van der Waals surface area contributed by atoms with Crippen LogP contribution in [0.5, 0.6) is 5.75 Å². The molecular weight excluding hydrogens is 419 g/mol. The van der Waals surface area contributed by atoms with Gasteiger partial charge in [-0.25, -0.2) is 12.8 Å². The number of rotatable bonds is 8. The Hall–Kier alpha value is -3.39. The highest BCUT2D eigenvalue weighted by Crippen LogP contribution is 2.24. The van der Waals surface area contributed by atoms with Crippen molar-refractivity contribution in [1.29, 1.82) is 0 Å². The van der Waals surface area contributed by atoms with Crippen molar-refractivity contribution in [2.75, 3.05) is 11.8 Å². The molecule has 1 unspecified atom stereocenters. The lowest BCUT2D eigenvalue weighted by molar-refractivity contribution is -0.121. The largest absolute Gasteiger partial charge is 0.496 e. The molecule has 0 spiro atoms. The van der Waals surface area contributed by atoms with E-state index in [9.17, 15) is 17.6 Å². The van der Waals surface area contributed by atoms with E-state index in [4.69, 9.17) is 4.74 Å². The topological polar surface area (TPSA) is 84.5 Å². The molecule has 162 valence electrons. The van der Waals surface area contributed by atoms with Crippen molar-refractivity contribution in [3.05, 3.63) is 89.7 Å². The summed E-state index contributed by atoms with van der Waals surface area (Å²) < 4.78 is 45.5. The molecule has 1 amide bonds. The first-order chi connectivity index (χ1) is 14.8. The fraction of sp³-hybridized carbons (Fsp3) is 0.174. The number of hydrogen-bond acceptors (Lipinski definition) is 4.